The summed E-state index contributed by atoms with van der Waals surface area (Å²) in [7, 11) is 1.58. The third-order valence-corrected chi connectivity index (χ3v) is 2.67. The Kier molecular flexibility index (Phi) is 3.72. The second-order valence-corrected chi connectivity index (χ2v) is 4.20. The van der Waals surface area contributed by atoms with E-state index < -0.39 is 11.7 Å². The molecule has 0 aromatic heterocycles. The Morgan fingerprint density at radius 1 is 1.40 bits per heavy atom. The number of phenols is 1. The molecular formula is C12H18O3. The van der Waals surface area contributed by atoms with Crippen molar-refractivity contribution in [2.75, 3.05) is 7.11 Å². The third-order valence-electron chi connectivity index (χ3n) is 2.67. The van der Waals surface area contributed by atoms with E-state index in [1.54, 1.807) is 25.3 Å². The van der Waals surface area contributed by atoms with Crippen molar-refractivity contribution < 1.29 is 14.9 Å². The molecule has 0 saturated heterocycles. The van der Waals surface area contributed by atoms with Gasteiger partial charge in [-0.25, -0.2) is 0 Å². The van der Waals surface area contributed by atoms with Crippen molar-refractivity contribution in [2.45, 2.75) is 32.0 Å². The van der Waals surface area contributed by atoms with Gasteiger partial charge in [0, 0.05) is 13.5 Å². The van der Waals surface area contributed by atoms with E-state index in [-0.39, 0.29) is 5.75 Å². The van der Waals surface area contributed by atoms with Gasteiger partial charge in [0.05, 0.1) is 11.7 Å². The largest absolute Gasteiger partial charge is 0.508 e. The first-order chi connectivity index (χ1) is 6.95. The van der Waals surface area contributed by atoms with Crippen LogP contribution in [-0.4, -0.2) is 29.0 Å². The summed E-state index contributed by atoms with van der Waals surface area (Å²) in [5.41, 5.74) is 0.318. The number of aliphatic hydroxyl groups excluding tert-OH is 1. The first-order valence-electron chi connectivity index (χ1n) is 4.97. The Balaban J connectivity index is 2.70. The van der Waals surface area contributed by atoms with Gasteiger partial charge in [0.2, 0.25) is 0 Å². The zero-order valence-electron chi connectivity index (χ0n) is 9.40. The van der Waals surface area contributed by atoms with Gasteiger partial charge in [-0.05, 0) is 31.5 Å². The van der Waals surface area contributed by atoms with Crippen molar-refractivity contribution >= 4 is 0 Å². The molecule has 84 valence electrons. The van der Waals surface area contributed by atoms with Gasteiger partial charge in [-0.15, -0.1) is 0 Å². The molecule has 0 aliphatic rings. The van der Waals surface area contributed by atoms with Gasteiger partial charge in [-0.3, -0.25) is 0 Å². The predicted molar refractivity (Wildman–Crippen MR) is 58.9 cm³/mol. The summed E-state index contributed by atoms with van der Waals surface area (Å²) in [6.07, 6.45) is -0.126. The summed E-state index contributed by atoms with van der Waals surface area (Å²) >= 11 is 0. The Bertz CT molecular complexity index is 320. The van der Waals surface area contributed by atoms with E-state index >= 15 is 0 Å². The van der Waals surface area contributed by atoms with Crippen LogP contribution >= 0.6 is 0 Å². The molecule has 0 bridgehead atoms. The van der Waals surface area contributed by atoms with E-state index in [1.807, 2.05) is 19.9 Å². The molecule has 1 unspecified atom stereocenters. The lowest BCUT2D eigenvalue weighted by Crippen LogP contribution is -2.39. The minimum atomic E-state index is -0.593. The quantitative estimate of drug-likeness (QED) is 0.795. The highest BCUT2D eigenvalue weighted by molar-refractivity contribution is 5.27. The van der Waals surface area contributed by atoms with Gasteiger partial charge in [0.15, 0.2) is 0 Å². The maximum atomic E-state index is 9.91. The normalized spacial score (nSPS) is 13.9. The average molecular weight is 210 g/mol. The highest BCUT2D eigenvalue weighted by atomic mass is 16.5. The van der Waals surface area contributed by atoms with Crippen molar-refractivity contribution in [1.82, 2.24) is 0 Å². The lowest BCUT2D eigenvalue weighted by molar-refractivity contribution is -0.0765. The number of phenolic OH excluding ortho intramolecular Hbond substituents is 1. The monoisotopic (exact) mass is 210 g/mol. The second-order valence-electron chi connectivity index (χ2n) is 4.20. The van der Waals surface area contributed by atoms with Crippen LogP contribution in [-0.2, 0) is 11.2 Å². The number of aliphatic hydroxyl groups is 1. The fourth-order valence-corrected chi connectivity index (χ4v) is 1.29. The first-order valence-corrected chi connectivity index (χ1v) is 4.97. The fourth-order valence-electron chi connectivity index (χ4n) is 1.29. The molecule has 1 aromatic rings. The molecule has 15 heavy (non-hydrogen) atoms. The molecular weight excluding hydrogens is 192 g/mol. The van der Waals surface area contributed by atoms with Crippen LogP contribution in [0.5, 0.6) is 5.75 Å². The van der Waals surface area contributed by atoms with Gasteiger partial charge < -0.3 is 14.9 Å². The summed E-state index contributed by atoms with van der Waals surface area (Å²) < 4.78 is 5.19. The molecule has 0 aliphatic carbocycles. The molecule has 3 nitrogen and oxygen atoms in total. The van der Waals surface area contributed by atoms with E-state index in [0.717, 1.165) is 5.56 Å². The van der Waals surface area contributed by atoms with E-state index in [4.69, 9.17) is 4.74 Å². The van der Waals surface area contributed by atoms with Crippen LogP contribution in [0.3, 0.4) is 0 Å². The fraction of sp³-hybridized carbons (Fsp3) is 0.500. The van der Waals surface area contributed by atoms with Crippen LogP contribution in [0.2, 0.25) is 0 Å². The summed E-state index contributed by atoms with van der Waals surface area (Å²) in [5.74, 6) is 0.218. The first kappa shape index (κ1) is 12.0. The van der Waals surface area contributed by atoms with E-state index in [9.17, 15) is 10.2 Å². The van der Waals surface area contributed by atoms with Crippen LogP contribution in [0.4, 0.5) is 0 Å². The lowest BCUT2D eigenvalue weighted by Gasteiger charge is -2.29. The third kappa shape index (κ3) is 3.22. The van der Waals surface area contributed by atoms with Crippen molar-refractivity contribution in [2.24, 2.45) is 0 Å². The second kappa shape index (κ2) is 4.64. The summed E-state index contributed by atoms with van der Waals surface area (Å²) in [5, 5.41) is 19.2. The Morgan fingerprint density at radius 2 is 2.07 bits per heavy atom. The Hall–Kier alpha value is -1.06. The molecule has 0 amide bonds. The zero-order valence-corrected chi connectivity index (χ0v) is 9.40. The van der Waals surface area contributed by atoms with Gasteiger partial charge in [0.1, 0.15) is 5.75 Å². The number of rotatable bonds is 4. The highest BCUT2D eigenvalue weighted by Crippen LogP contribution is 2.19. The molecule has 1 rings (SSSR count). The number of methoxy groups -OCH3 is 1. The summed E-state index contributed by atoms with van der Waals surface area (Å²) in [6.45, 7) is 3.67. The average Bonchev–Trinajstić information content (AvgIpc) is 2.17. The Morgan fingerprint density at radius 3 is 2.60 bits per heavy atom. The van der Waals surface area contributed by atoms with Crippen molar-refractivity contribution in [3.05, 3.63) is 29.8 Å². The van der Waals surface area contributed by atoms with Crippen LogP contribution < -0.4 is 0 Å². The molecule has 0 radical (unpaired) electrons. The van der Waals surface area contributed by atoms with Gasteiger partial charge in [0.25, 0.3) is 0 Å². The van der Waals surface area contributed by atoms with Crippen LogP contribution in [0.25, 0.3) is 0 Å². The standard InChI is InChI=1S/C12H18O3/c1-12(2,15-3)11(14)8-9-5-4-6-10(13)7-9/h4-7,11,13-14H,8H2,1-3H3. The van der Waals surface area contributed by atoms with Crippen molar-refractivity contribution in [1.29, 1.82) is 0 Å². The van der Waals surface area contributed by atoms with E-state index in [2.05, 4.69) is 0 Å². The molecule has 2 N–H and O–H groups in total. The van der Waals surface area contributed by atoms with Crippen LogP contribution in [0, 0.1) is 0 Å². The zero-order chi connectivity index (χ0) is 11.5. The molecule has 0 spiro atoms. The molecule has 3 heteroatoms. The van der Waals surface area contributed by atoms with Crippen molar-refractivity contribution in [3.63, 3.8) is 0 Å². The van der Waals surface area contributed by atoms with Crippen molar-refractivity contribution in [3.8, 4) is 5.75 Å². The highest BCUT2D eigenvalue weighted by Gasteiger charge is 2.27. The summed E-state index contributed by atoms with van der Waals surface area (Å²) in [6, 6.07) is 6.89. The van der Waals surface area contributed by atoms with Gasteiger partial charge in [-0.1, -0.05) is 12.1 Å². The molecule has 1 aromatic carbocycles. The number of benzene rings is 1. The van der Waals surface area contributed by atoms with Crippen LogP contribution in [0.1, 0.15) is 19.4 Å². The Labute approximate surface area is 90.3 Å². The number of aromatic hydroxyl groups is 1. The van der Waals surface area contributed by atoms with Gasteiger partial charge in [-0.2, -0.15) is 0 Å². The number of hydrogen-bond donors (Lipinski definition) is 2. The summed E-state index contributed by atoms with van der Waals surface area (Å²) in [4.78, 5) is 0. The number of hydrogen-bond acceptors (Lipinski definition) is 3. The molecule has 0 saturated carbocycles. The van der Waals surface area contributed by atoms with E-state index in [0.29, 0.717) is 6.42 Å². The molecule has 1 atom stereocenters. The van der Waals surface area contributed by atoms with E-state index in [1.165, 1.54) is 0 Å². The predicted octanol–water partition coefficient (Wildman–Crippen LogP) is 1.72. The minimum Gasteiger partial charge on any atom is -0.508 e. The SMILES string of the molecule is COC(C)(C)C(O)Cc1cccc(O)c1. The molecule has 0 aliphatic heterocycles. The molecule has 0 heterocycles. The smallest absolute Gasteiger partial charge is 0.115 e. The number of ether oxygens (including phenoxy) is 1. The lowest BCUT2D eigenvalue weighted by atomic mass is 9.95. The topological polar surface area (TPSA) is 49.7 Å². The maximum Gasteiger partial charge on any atom is 0.115 e. The van der Waals surface area contributed by atoms with Gasteiger partial charge >= 0.3 is 0 Å². The molecule has 0 fully saturated rings. The van der Waals surface area contributed by atoms with Crippen LogP contribution in [0.15, 0.2) is 24.3 Å². The minimum absolute atomic E-state index is 0.218. The maximum absolute atomic E-state index is 9.91.